The Kier molecular flexibility index (Phi) is 5.97. The number of aryl methyl sites for hydroxylation is 1. The van der Waals surface area contributed by atoms with Crippen LogP contribution in [0, 0.1) is 6.92 Å². The first-order valence-corrected chi connectivity index (χ1v) is 9.24. The first kappa shape index (κ1) is 17.0. The summed E-state index contributed by atoms with van der Waals surface area (Å²) < 4.78 is 0. The van der Waals surface area contributed by atoms with Gasteiger partial charge in [-0.05, 0) is 25.3 Å². The fourth-order valence-electron chi connectivity index (χ4n) is 2.03. The fraction of sp³-hybridized carbons (Fsp3) is 0.500. The number of thiazole rings is 1. The molecule has 0 atom stereocenters. The van der Waals surface area contributed by atoms with Crippen LogP contribution in [0.3, 0.4) is 0 Å². The molecule has 2 aromatic rings. The molecule has 120 valence electrons. The Morgan fingerprint density at radius 1 is 1.32 bits per heavy atom. The van der Waals surface area contributed by atoms with Crippen molar-refractivity contribution in [1.29, 1.82) is 0 Å². The fourth-order valence-corrected chi connectivity index (χ4v) is 3.58. The summed E-state index contributed by atoms with van der Waals surface area (Å²) in [5.41, 5.74) is 3.04. The number of guanidine groups is 1. The molecule has 0 bridgehead atoms. The summed E-state index contributed by atoms with van der Waals surface area (Å²) in [4.78, 5) is 11.5. The number of aromatic nitrogens is 1. The highest BCUT2D eigenvalue weighted by Gasteiger charge is 2.21. The maximum atomic E-state index is 4.67. The molecular formula is C16H24N4S2. The van der Waals surface area contributed by atoms with Crippen molar-refractivity contribution in [2.45, 2.75) is 39.7 Å². The number of rotatable bonds is 6. The summed E-state index contributed by atoms with van der Waals surface area (Å²) in [5.74, 6) is 0.861. The Labute approximate surface area is 140 Å². The molecule has 0 saturated heterocycles. The summed E-state index contributed by atoms with van der Waals surface area (Å²) in [6, 6.07) is 4.30. The van der Waals surface area contributed by atoms with E-state index in [1.807, 2.05) is 12.4 Å². The SMILES string of the molecule is CCNC(=NCc1scnc1C)NCC(C)(C)c1cccs1. The number of hydrogen-bond donors (Lipinski definition) is 2. The Balaban J connectivity index is 1.98. The van der Waals surface area contributed by atoms with E-state index in [1.54, 1.807) is 22.7 Å². The zero-order valence-electron chi connectivity index (χ0n) is 13.6. The maximum absolute atomic E-state index is 4.67. The summed E-state index contributed by atoms with van der Waals surface area (Å²) >= 11 is 3.46. The first-order valence-electron chi connectivity index (χ1n) is 7.48. The molecule has 0 aliphatic carbocycles. The second kappa shape index (κ2) is 7.74. The molecule has 0 saturated carbocycles. The maximum Gasteiger partial charge on any atom is 0.191 e. The molecule has 0 aliphatic heterocycles. The Bertz CT molecular complexity index is 599. The van der Waals surface area contributed by atoms with Crippen LogP contribution in [-0.4, -0.2) is 24.0 Å². The molecule has 0 unspecified atom stereocenters. The molecule has 0 aromatic carbocycles. The molecule has 22 heavy (non-hydrogen) atoms. The summed E-state index contributed by atoms with van der Waals surface area (Å²) in [7, 11) is 0. The van der Waals surface area contributed by atoms with Gasteiger partial charge < -0.3 is 10.6 Å². The molecule has 0 amide bonds. The van der Waals surface area contributed by atoms with Gasteiger partial charge in [0.25, 0.3) is 0 Å². The van der Waals surface area contributed by atoms with Crippen molar-refractivity contribution in [3.63, 3.8) is 0 Å². The Hall–Kier alpha value is -1.40. The second-order valence-corrected chi connectivity index (χ2v) is 7.66. The van der Waals surface area contributed by atoms with Gasteiger partial charge in [-0.1, -0.05) is 19.9 Å². The van der Waals surface area contributed by atoms with E-state index in [-0.39, 0.29) is 5.41 Å². The number of hydrogen-bond acceptors (Lipinski definition) is 4. The minimum absolute atomic E-state index is 0.0881. The molecule has 0 fully saturated rings. The lowest BCUT2D eigenvalue weighted by atomic mass is 9.91. The van der Waals surface area contributed by atoms with Gasteiger partial charge in [-0.2, -0.15) is 0 Å². The van der Waals surface area contributed by atoms with Gasteiger partial charge in [0, 0.05) is 28.3 Å². The van der Waals surface area contributed by atoms with E-state index in [0.717, 1.165) is 24.7 Å². The van der Waals surface area contributed by atoms with E-state index in [9.17, 15) is 0 Å². The summed E-state index contributed by atoms with van der Waals surface area (Å²) in [6.07, 6.45) is 0. The van der Waals surface area contributed by atoms with Gasteiger partial charge in [0.05, 0.1) is 17.7 Å². The largest absolute Gasteiger partial charge is 0.357 e. The quantitative estimate of drug-likeness (QED) is 0.626. The summed E-state index contributed by atoms with van der Waals surface area (Å²) in [5, 5.41) is 8.90. The van der Waals surface area contributed by atoms with Crippen molar-refractivity contribution in [3.8, 4) is 0 Å². The third-order valence-corrected chi connectivity index (χ3v) is 5.61. The van der Waals surface area contributed by atoms with Crippen LogP contribution in [-0.2, 0) is 12.0 Å². The molecule has 2 N–H and O–H groups in total. The number of thiophene rings is 1. The van der Waals surface area contributed by atoms with Crippen molar-refractivity contribution in [1.82, 2.24) is 15.6 Å². The van der Waals surface area contributed by atoms with Gasteiger partial charge in [-0.15, -0.1) is 22.7 Å². The van der Waals surface area contributed by atoms with Crippen LogP contribution in [0.2, 0.25) is 0 Å². The van der Waals surface area contributed by atoms with Crippen LogP contribution in [0.1, 0.15) is 36.2 Å². The van der Waals surface area contributed by atoms with Gasteiger partial charge in [0.1, 0.15) is 0 Å². The molecule has 2 rings (SSSR count). The molecule has 6 heteroatoms. The van der Waals surface area contributed by atoms with Crippen LogP contribution < -0.4 is 10.6 Å². The average Bonchev–Trinajstić information content (AvgIpc) is 3.14. The molecule has 0 aliphatic rings. The number of nitrogens with zero attached hydrogens (tertiary/aromatic N) is 2. The third kappa shape index (κ3) is 4.55. The molecule has 0 spiro atoms. The highest BCUT2D eigenvalue weighted by Crippen LogP contribution is 2.26. The Morgan fingerprint density at radius 2 is 2.14 bits per heavy atom. The van der Waals surface area contributed by atoms with Gasteiger partial charge >= 0.3 is 0 Å². The molecular weight excluding hydrogens is 312 g/mol. The highest BCUT2D eigenvalue weighted by molar-refractivity contribution is 7.10. The Morgan fingerprint density at radius 3 is 2.73 bits per heavy atom. The van der Waals surface area contributed by atoms with Gasteiger partial charge in [-0.3, -0.25) is 0 Å². The van der Waals surface area contributed by atoms with Crippen LogP contribution in [0.5, 0.6) is 0 Å². The van der Waals surface area contributed by atoms with E-state index in [1.165, 1.54) is 9.75 Å². The molecule has 4 nitrogen and oxygen atoms in total. The highest BCUT2D eigenvalue weighted by atomic mass is 32.1. The van der Waals surface area contributed by atoms with Crippen molar-refractivity contribution in [2.75, 3.05) is 13.1 Å². The van der Waals surface area contributed by atoms with Crippen molar-refractivity contribution >= 4 is 28.6 Å². The molecule has 2 aromatic heterocycles. The first-order chi connectivity index (χ1) is 10.5. The van der Waals surface area contributed by atoms with E-state index in [0.29, 0.717) is 6.54 Å². The van der Waals surface area contributed by atoms with E-state index in [2.05, 4.69) is 58.9 Å². The van der Waals surface area contributed by atoms with Gasteiger partial charge in [0.2, 0.25) is 0 Å². The zero-order chi connectivity index (χ0) is 16.0. The van der Waals surface area contributed by atoms with Gasteiger partial charge in [0.15, 0.2) is 5.96 Å². The number of aliphatic imine (C=N–C) groups is 1. The lowest BCUT2D eigenvalue weighted by Crippen LogP contribution is -2.43. The van der Waals surface area contributed by atoms with E-state index < -0.39 is 0 Å². The van der Waals surface area contributed by atoms with E-state index in [4.69, 9.17) is 0 Å². The minimum atomic E-state index is 0.0881. The third-order valence-electron chi connectivity index (χ3n) is 3.46. The normalized spacial score (nSPS) is 12.5. The van der Waals surface area contributed by atoms with Crippen molar-refractivity contribution in [2.24, 2.45) is 4.99 Å². The van der Waals surface area contributed by atoms with Crippen molar-refractivity contribution < 1.29 is 0 Å². The van der Waals surface area contributed by atoms with Gasteiger partial charge in [-0.25, -0.2) is 9.98 Å². The lowest BCUT2D eigenvalue weighted by Gasteiger charge is -2.25. The average molecular weight is 337 g/mol. The minimum Gasteiger partial charge on any atom is -0.357 e. The van der Waals surface area contributed by atoms with Crippen LogP contribution in [0.4, 0.5) is 0 Å². The monoisotopic (exact) mass is 336 g/mol. The van der Waals surface area contributed by atoms with Crippen LogP contribution >= 0.6 is 22.7 Å². The predicted molar refractivity (Wildman–Crippen MR) is 97.0 cm³/mol. The van der Waals surface area contributed by atoms with Crippen LogP contribution in [0.15, 0.2) is 28.0 Å². The predicted octanol–water partition coefficient (Wildman–Crippen LogP) is 3.55. The summed E-state index contributed by atoms with van der Waals surface area (Å²) in [6.45, 7) is 11.0. The smallest absolute Gasteiger partial charge is 0.191 e. The second-order valence-electron chi connectivity index (χ2n) is 5.77. The van der Waals surface area contributed by atoms with Crippen molar-refractivity contribution in [3.05, 3.63) is 38.5 Å². The van der Waals surface area contributed by atoms with E-state index >= 15 is 0 Å². The molecule has 0 radical (unpaired) electrons. The lowest BCUT2D eigenvalue weighted by molar-refractivity contribution is 0.518. The molecule has 2 heterocycles. The standard InChI is InChI=1S/C16H24N4S2/c1-5-17-15(18-9-13-12(2)20-11-22-13)19-10-16(3,4)14-7-6-8-21-14/h6-8,11H,5,9-10H2,1-4H3,(H2,17,18,19). The number of nitrogens with one attached hydrogen (secondary N) is 2. The topological polar surface area (TPSA) is 49.3 Å². The van der Waals surface area contributed by atoms with Crippen LogP contribution in [0.25, 0.3) is 0 Å². The zero-order valence-corrected chi connectivity index (χ0v) is 15.3.